The monoisotopic (exact) mass is 427 g/mol. The number of halogens is 2. The van der Waals surface area contributed by atoms with Gasteiger partial charge < -0.3 is 14.8 Å². The van der Waals surface area contributed by atoms with Gasteiger partial charge in [0.2, 0.25) is 0 Å². The third kappa shape index (κ3) is 2.73. The summed E-state index contributed by atoms with van der Waals surface area (Å²) in [5.74, 6) is -2.25. The second kappa shape index (κ2) is 6.29. The number of fused-ring (bicyclic) bond motifs is 1. The fourth-order valence-electron chi connectivity index (χ4n) is 4.28. The topological polar surface area (TPSA) is 81.7 Å². The summed E-state index contributed by atoms with van der Waals surface area (Å²) in [4.78, 5) is 36.5. The molecule has 0 unspecified atom stereocenters. The van der Waals surface area contributed by atoms with Gasteiger partial charge in [0.05, 0.1) is 27.4 Å². The summed E-state index contributed by atoms with van der Waals surface area (Å²) in [6, 6.07) is 6.79. The molecule has 0 aromatic heterocycles. The normalized spacial score (nSPS) is 34.7. The van der Waals surface area contributed by atoms with E-state index in [0.29, 0.717) is 10.7 Å². The summed E-state index contributed by atoms with van der Waals surface area (Å²) in [5, 5.41) is 2.99. The Balaban J connectivity index is 1.37. The molecule has 3 aliphatic rings. The maximum atomic E-state index is 12.5. The lowest BCUT2D eigenvalue weighted by Gasteiger charge is -2.26. The lowest BCUT2D eigenvalue weighted by atomic mass is 9.80. The van der Waals surface area contributed by atoms with E-state index in [1.54, 1.807) is 24.3 Å². The zero-order chi connectivity index (χ0) is 17.7. The van der Waals surface area contributed by atoms with Gasteiger partial charge in [-0.1, -0.05) is 39.7 Å². The second-order valence-electron chi connectivity index (χ2n) is 6.60. The minimum absolute atomic E-state index is 0.00517. The number of carbonyl (C=O) groups is 3. The van der Waals surface area contributed by atoms with Crippen LogP contribution < -0.4 is 5.32 Å². The van der Waals surface area contributed by atoms with Crippen molar-refractivity contribution < 1.29 is 23.9 Å². The van der Waals surface area contributed by atoms with Crippen molar-refractivity contribution in [2.45, 2.75) is 17.4 Å². The minimum atomic E-state index is -0.547. The summed E-state index contributed by atoms with van der Waals surface area (Å²) < 4.78 is 10.5. The molecule has 8 heteroatoms. The van der Waals surface area contributed by atoms with Crippen LogP contribution >= 0.6 is 27.5 Å². The zero-order valence-corrected chi connectivity index (χ0v) is 15.3. The molecule has 0 radical (unpaired) electrons. The summed E-state index contributed by atoms with van der Waals surface area (Å²) >= 11 is 9.51. The second-order valence-corrected chi connectivity index (χ2v) is 8.06. The maximum Gasteiger partial charge on any atom is 0.310 e. The van der Waals surface area contributed by atoms with Crippen molar-refractivity contribution >= 4 is 51.1 Å². The highest BCUT2D eigenvalue weighted by Crippen LogP contribution is 2.60. The van der Waals surface area contributed by atoms with Crippen molar-refractivity contribution in [3.63, 3.8) is 0 Å². The molecule has 2 saturated carbocycles. The van der Waals surface area contributed by atoms with Crippen LogP contribution in [-0.4, -0.2) is 35.4 Å². The third-order valence-corrected chi connectivity index (χ3v) is 6.82. The SMILES string of the molecule is O=C(COC(=O)[C@@H]1[C@H]2C[C@H]3[C@H](OC(=O)[C@H]31)[C@@H]2Br)Nc1ccccc1Cl. The van der Waals surface area contributed by atoms with Crippen molar-refractivity contribution in [2.75, 3.05) is 11.9 Å². The molecule has 1 N–H and O–H groups in total. The molecule has 1 amide bonds. The number of carbonyl (C=O) groups excluding carboxylic acids is 3. The molecule has 2 aliphatic carbocycles. The molecule has 25 heavy (non-hydrogen) atoms. The Morgan fingerprint density at radius 3 is 2.84 bits per heavy atom. The summed E-state index contributed by atoms with van der Waals surface area (Å²) in [5.41, 5.74) is 0.452. The van der Waals surface area contributed by atoms with Gasteiger partial charge in [0.15, 0.2) is 6.61 Å². The van der Waals surface area contributed by atoms with Crippen LogP contribution in [0.4, 0.5) is 5.69 Å². The standard InChI is InChI=1S/C17H15BrClNO5/c18-14-7-5-8-13(17(23)25-15(8)14)12(7)16(22)24-6-11(21)20-10-4-2-1-3-9(10)19/h1-4,7-8,12-15H,5-6H2,(H,20,21)/t7-,8-,12-,13-,14-,15+/m1/s1. The lowest BCUT2D eigenvalue weighted by molar-refractivity contribution is -0.157. The number of ether oxygens (including phenoxy) is 2. The van der Waals surface area contributed by atoms with E-state index >= 15 is 0 Å². The number of anilines is 1. The summed E-state index contributed by atoms with van der Waals surface area (Å²) in [6.45, 7) is -0.421. The van der Waals surface area contributed by atoms with E-state index in [0.717, 1.165) is 6.42 Å². The molecular formula is C17H15BrClNO5. The van der Waals surface area contributed by atoms with Gasteiger partial charge in [0.25, 0.3) is 5.91 Å². The van der Waals surface area contributed by atoms with Crippen LogP contribution in [0.15, 0.2) is 24.3 Å². The zero-order valence-electron chi connectivity index (χ0n) is 13.0. The Morgan fingerprint density at radius 1 is 1.32 bits per heavy atom. The number of hydrogen-bond donors (Lipinski definition) is 1. The van der Waals surface area contributed by atoms with E-state index in [2.05, 4.69) is 21.2 Å². The van der Waals surface area contributed by atoms with Crippen LogP contribution in [0.25, 0.3) is 0 Å². The van der Waals surface area contributed by atoms with Gasteiger partial charge in [-0.25, -0.2) is 0 Å². The first-order chi connectivity index (χ1) is 12.0. The van der Waals surface area contributed by atoms with Gasteiger partial charge in [0.1, 0.15) is 6.10 Å². The molecule has 6 nitrogen and oxygen atoms in total. The minimum Gasteiger partial charge on any atom is -0.461 e. The van der Waals surface area contributed by atoms with Crippen LogP contribution in [0, 0.1) is 23.7 Å². The van der Waals surface area contributed by atoms with Crippen molar-refractivity contribution in [1.29, 1.82) is 0 Å². The smallest absolute Gasteiger partial charge is 0.310 e. The van der Waals surface area contributed by atoms with Gasteiger partial charge >= 0.3 is 11.9 Å². The molecule has 1 heterocycles. The number of alkyl halides is 1. The van der Waals surface area contributed by atoms with Crippen molar-refractivity contribution in [3.05, 3.63) is 29.3 Å². The summed E-state index contributed by atoms with van der Waals surface area (Å²) in [6.07, 6.45) is 0.623. The number of esters is 2. The molecule has 0 spiro atoms. The number of nitrogens with one attached hydrogen (secondary N) is 1. The van der Waals surface area contributed by atoms with Crippen LogP contribution in [-0.2, 0) is 23.9 Å². The lowest BCUT2D eigenvalue weighted by Crippen LogP contribution is -2.39. The Hall–Kier alpha value is -1.60. The molecule has 1 saturated heterocycles. The number of para-hydroxylation sites is 1. The predicted octanol–water partition coefficient (Wildman–Crippen LogP) is 2.39. The highest BCUT2D eigenvalue weighted by atomic mass is 79.9. The van der Waals surface area contributed by atoms with Gasteiger partial charge in [-0.2, -0.15) is 0 Å². The van der Waals surface area contributed by atoms with Crippen molar-refractivity contribution in [3.8, 4) is 0 Å². The molecule has 1 aromatic rings. The molecule has 6 atom stereocenters. The van der Waals surface area contributed by atoms with Crippen LogP contribution in [0.2, 0.25) is 5.02 Å². The average molecular weight is 429 g/mol. The number of amides is 1. The van der Waals surface area contributed by atoms with Gasteiger partial charge in [-0.05, 0) is 24.5 Å². The molecule has 3 fully saturated rings. The quantitative estimate of drug-likeness (QED) is 0.588. The van der Waals surface area contributed by atoms with E-state index in [-0.39, 0.29) is 28.7 Å². The van der Waals surface area contributed by atoms with E-state index < -0.39 is 30.3 Å². The molecule has 2 bridgehead atoms. The molecule has 1 aromatic carbocycles. The first kappa shape index (κ1) is 16.8. The Morgan fingerprint density at radius 2 is 2.08 bits per heavy atom. The fraction of sp³-hybridized carbons (Fsp3) is 0.471. The number of hydrogen-bond acceptors (Lipinski definition) is 5. The average Bonchev–Trinajstić information content (AvgIpc) is 3.19. The largest absolute Gasteiger partial charge is 0.461 e. The number of benzene rings is 1. The molecular weight excluding hydrogens is 414 g/mol. The van der Waals surface area contributed by atoms with Gasteiger partial charge in [-0.15, -0.1) is 0 Å². The Kier molecular flexibility index (Phi) is 4.24. The van der Waals surface area contributed by atoms with Crippen LogP contribution in [0.1, 0.15) is 6.42 Å². The highest BCUT2D eigenvalue weighted by Gasteiger charge is 2.68. The predicted molar refractivity (Wildman–Crippen MR) is 92.2 cm³/mol. The third-order valence-electron chi connectivity index (χ3n) is 5.29. The van der Waals surface area contributed by atoms with Crippen molar-refractivity contribution in [1.82, 2.24) is 0 Å². The molecule has 4 rings (SSSR count). The molecule has 132 valence electrons. The first-order valence-electron chi connectivity index (χ1n) is 8.03. The van der Waals surface area contributed by atoms with Crippen molar-refractivity contribution in [2.24, 2.45) is 23.7 Å². The van der Waals surface area contributed by atoms with E-state index in [9.17, 15) is 14.4 Å². The highest BCUT2D eigenvalue weighted by molar-refractivity contribution is 9.09. The van der Waals surface area contributed by atoms with E-state index in [1.165, 1.54) is 0 Å². The van der Waals surface area contributed by atoms with E-state index in [4.69, 9.17) is 21.1 Å². The Bertz CT molecular complexity index is 756. The van der Waals surface area contributed by atoms with E-state index in [1.807, 2.05) is 0 Å². The first-order valence-corrected chi connectivity index (χ1v) is 9.32. The number of rotatable bonds is 4. The van der Waals surface area contributed by atoms with Gasteiger partial charge in [-0.3, -0.25) is 14.4 Å². The summed E-state index contributed by atoms with van der Waals surface area (Å²) in [7, 11) is 0. The van der Waals surface area contributed by atoms with Gasteiger partial charge in [0, 0.05) is 5.92 Å². The maximum absolute atomic E-state index is 12.5. The molecule has 1 aliphatic heterocycles. The Labute approximate surface area is 157 Å². The fourth-order valence-corrected chi connectivity index (χ4v) is 5.50. The van der Waals surface area contributed by atoms with Crippen LogP contribution in [0.5, 0.6) is 0 Å². The van der Waals surface area contributed by atoms with Crippen LogP contribution in [0.3, 0.4) is 0 Å².